The fraction of sp³-hybridized carbons (Fsp3) is 0.462. The first-order valence-electron chi connectivity index (χ1n) is 11.5. The first kappa shape index (κ1) is 19.0. The predicted octanol–water partition coefficient (Wildman–Crippen LogP) is 4.78. The molecule has 1 spiro atoms. The third kappa shape index (κ3) is 2.26. The Morgan fingerprint density at radius 3 is 2.84 bits per heavy atom. The summed E-state index contributed by atoms with van der Waals surface area (Å²) in [6.07, 6.45) is 11.1. The van der Waals surface area contributed by atoms with E-state index in [0.29, 0.717) is 23.1 Å². The first-order valence-corrected chi connectivity index (χ1v) is 12.7. The molecule has 3 bridgehead atoms. The molecule has 5 unspecified atom stereocenters. The third-order valence-corrected chi connectivity index (χ3v) is 9.62. The zero-order valence-electron chi connectivity index (χ0n) is 18.3. The molecule has 7 rings (SSSR count). The molecule has 6 heteroatoms. The van der Waals surface area contributed by atoms with Gasteiger partial charge in [0.25, 0.3) is 5.56 Å². The largest absolute Gasteiger partial charge is 0.487 e. The highest BCUT2D eigenvalue weighted by atomic mass is 32.2. The van der Waals surface area contributed by atoms with Crippen LogP contribution in [0, 0.1) is 23.2 Å². The number of hydrogen-bond donors (Lipinski definition) is 1. The van der Waals surface area contributed by atoms with E-state index in [4.69, 9.17) is 4.74 Å². The summed E-state index contributed by atoms with van der Waals surface area (Å²) in [4.78, 5) is 29.6. The molecule has 2 aromatic heterocycles. The SMILES string of the molecule is CSc1ccc(OC23CC4CC5C(=O)C(C2)C5(C4)C3)c(-c2cn(C)c(=O)c3[nH]ccc23)c1. The second kappa shape index (κ2) is 6.10. The lowest BCUT2D eigenvalue weighted by molar-refractivity contribution is -0.149. The first-order chi connectivity index (χ1) is 15.4. The van der Waals surface area contributed by atoms with Crippen LogP contribution in [0.1, 0.15) is 32.1 Å². The van der Waals surface area contributed by atoms with Gasteiger partial charge in [-0.05, 0) is 74.0 Å². The molecule has 4 fully saturated rings. The summed E-state index contributed by atoms with van der Waals surface area (Å²) in [5.74, 6) is 2.50. The van der Waals surface area contributed by atoms with Crippen LogP contribution in [0.5, 0.6) is 5.75 Å². The molecule has 1 aromatic carbocycles. The van der Waals surface area contributed by atoms with E-state index in [9.17, 15) is 9.59 Å². The molecule has 4 saturated carbocycles. The topological polar surface area (TPSA) is 64.1 Å². The van der Waals surface area contributed by atoms with E-state index in [-0.39, 0.29) is 22.5 Å². The Morgan fingerprint density at radius 2 is 2.00 bits per heavy atom. The Morgan fingerprint density at radius 1 is 1.12 bits per heavy atom. The number of nitrogens with one attached hydrogen (secondary N) is 1. The van der Waals surface area contributed by atoms with E-state index >= 15 is 0 Å². The Balaban J connectivity index is 1.37. The fourth-order valence-corrected chi connectivity index (χ4v) is 8.26. The predicted molar refractivity (Wildman–Crippen MR) is 125 cm³/mol. The zero-order chi connectivity index (χ0) is 21.8. The van der Waals surface area contributed by atoms with Crippen molar-refractivity contribution in [3.05, 3.63) is 47.0 Å². The van der Waals surface area contributed by atoms with Crippen molar-refractivity contribution < 1.29 is 9.53 Å². The lowest BCUT2D eigenvalue weighted by Gasteiger charge is -2.47. The second-order valence-electron chi connectivity index (χ2n) is 10.5. The summed E-state index contributed by atoms with van der Waals surface area (Å²) in [6.45, 7) is 0. The van der Waals surface area contributed by atoms with Gasteiger partial charge in [0.15, 0.2) is 0 Å². The average Bonchev–Trinajstić information content (AvgIpc) is 3.42. The molecule has 2 heterocycles. The number of carbonyl (C=O) groups excluding carboxylic acids is 1. The average molecular weight is 447 g/mol. The minimum atomic E-state index is -0.234. The van der Waals surface area contributed by atoms with Gasteiger partial charge in [0.05, 0.1) is 0 Å². The quantitative estimate of drug-likeness (QED) is 0.586. The van der Waals surface area contributed by atoms with Crippen LogP contribution in [-0.2, 0) is 11.8 Å². The maximum Gasteiger partial charge on any atom is 0.274 e. The van der Waals surface area contributed by atoms with Crippen molar-refractivity contribution in [2.75, 3.05) is 6.26 Å². The van der Waals surface area contributed by atoms with Crippen LogP contribution in [0.2, 0.25) is 0 Å². The molecule has 1 N–H and O–H groups in total. The van der Waals surface area contributed by atoms with Gasteiger partial charge in [-0.2, -0.15) is 0 Å². The molecule has 32 heavy (non-hydrogen) atoms. The number of ether oxygens (including phenoxy) is 1. The van der Waals surface area contributed by atoms with Gasteiger partial charge in [0.2, 0.25) is 0 Å². The van der Waals surface area contributed by atoms with Crippen LogP contribution in [0.4, 0.5) is 0 Å². The number of aryl methyl sites for hydroxylation is 1. The van der Waals surface area contributed by atoms with E-state index in [1.54, 1.807) is 23.4 Å². The van der Waals surface area contributed by atoms with Crippen molar-refractivity contribution in [1.29, 1.82) is 0 Å². The van der Waals surface area contributed by atoms with Crippen molar-refractivity contribution in [2.24, 2.45) is 30.2 Å². The van der Waals surface area contributed by atoms with Crippen LogP contribution in [0.3, 0.4) is 0 Å². The number of Topliss-reactive ketones (excluding diaryl/α,β-unsaturated/α-hetero) is 1. The van der Waals surface area contributed by atoms with Gasteiger partial charge < -0.3 is 14.3 Å². The molecule has 0 aliphatic heterocycles. The highest BCUT2D eigenvalue weighted by molar-refractivity contribution is 7.98. The number of thioether (sulfide) groups is 1. The molecular formula is C26H26N2O3S. The minimum Gasteiger partial charge on any atom is -0.487 e. The van der Waals surface area contributed by atoms with E-state index in [0.717, 1.165) is 52.8 Å². The number of ketones is 1. The summed E-state index contributed by atoms with van der Waals surface area (Å²) in [6, 6.07) is 8.35. The number of carbonyl (C=O) groups is 1. The Labute approximate surface area is 190 Å². The zero-order valence-corrected chi connectivity index (χ0v) is 19.1. The van der Waals surface area contributed by atoms with E-state index in [1.807, 2.05) is 18.5 Å². The van der Waals surface area contributed by atoms with Gasteiger partial charge in [-0.1, -0.05) is 0 Å². The summed E-state index contributed by atoms with van der Waals surface area (Å²) < 4.78 is 8.62. The van der Waals surface area contributed by atoms with Gasteiger partial charge >= 0.3 is 0 Å². The number of aromatic nitrogens is 2. The number of fused-ring (bicyclic) bond motifs is 3. The second-order valence-corrected chi connectivity index (χ2v) is 11.4. The Kier molecular flexibility index (Phi) is 3.63. The van der Waals surface area contributed by atoms with Gasteiger partial charge in [-0.3, -0.25) is 9.59 Å². The van der Waals surface area contributed by atoms with Gasteiger partial charge in [0.1, 0.15) is 22.7 Å². The number of nitrogens with zero attached hydrogens (tertiary/aromatic N) is 1. The number of rotatable bonds is 4. The van der Waals surface area contributed by atoms with Crippen molar-refractivity contribution in [3.63, 3.8) is 0 Å². The molecule has 4 aliphatic carbocycles. The number of H-pyrrole nitrogens is 1. The highest BCUT2D eigenvalue weighted by Crippen LogP contribution is 2.75. The van der Waals surface area contributed by atoms with E-state index in [2.05, 4.69) is 29.4 Å². The van der Waals surface area contributed by atoms with Gasteiger partial charge in [-0.15, -0.1) is 11.8 Å². The molecule has 0 amide bonds. The number of aromatic amines is 1. The molecule has 5 atom stereocenters. The molecular weight excluding hydrogens is 420 g/mol. The molecule has 4 aliphatic rings. The maximum atomic E-state index is 12.7. The summed E-state index contributed by atoms with van der Waals surface area (Å²) in [5.41, 5.74) is 2.59. The minimum absolute atomic E-state index is 0.0317. The van der Waals surface area contributed by atoms with Crippen molar-refractivity contribution in [2.45, 2.75) is 42.6 Å². The maximum absolute atomic E-state index is 12.7. The molecule has 164 valence electrons. The standard InChI is InChI=1S/C26H26N2O3S/c1-28-12-18(16-5-6-27-22(16)24(28)30)17-8-15(32-2)3-4-21(17)31-25-9-14-7-19-23(29)20(11-25)26(19,10-14)13-25/h3-6,8,12,14,19-20,27H,7,9-11,13H2,1-2H3. The van der Waals surface area contributed by atoms with E-state index in [1.165, 1.54) is 6.42 Å². The van der Waals surface area contributed by atoms with Crippen molar-refractivity contribution >= 4 is 28.4 Å². The van der Waals surface area contributed by atoms with Crippen LogP contribution in [0.15, 0.2) is 46.3 Å². The summed E-state index contributed by atoms with van der Waals surface area (Å²) in [7, 11) is 1.79. The van der Waals surface area contributed by atoms with Crippen molar-refractivity contribution in [3.8, 4) is 16.9 Å². The fourth-order valence-electron chi connectivity index (χ4n) is 7.82. The van der Waals surface area contributed by atoms with Gasteiger partial charge in [-0.25, -0.2) is 0 Å². The number of pyridine rings is 1. The molecule has 5 nitrogen and oxygen atoms in total. The summed E-state index contributed by atoms with van der Waals surface area (Å²) in [5, 5.41) is 0.915. The molecule has 0 saturated heterocycles. The van der Waals surface area contributed by atoms with E-state index < -0.39 is 0 Å². The lowest BCUT2D eigenvalue weighted by Crippen LogP contribution is -2.51. The highest BCUT2D eigenvalue weighted by Gasteiger charge is 2.76. The van der Waals surface area contributed by atoms with Crippen LogP contribution >= 0.6 is 11.8 Å². The molecule has 0 radical (unpaired) electrons. The van der Waals surface area contributed by atoms with Crippen LogP contribution in [-0.4, -0.2) is 27.2 Å². The Hall–Kier alpha value is -2.47. The monoisotopic (exact) mass is 446 g/mol. The lowest BCUT2D eigenvalue weighted by atomic mass is 9.55. The normalized spacial score (nSPS) is 34.2. The van der Waals surface area contributed by atoms with Crippen molar-refractivity contribution in [1.82, 2.24) is 9.55 Å². The summed E-state index contributed by atoms with van der Waals surface area (Å²) >= 11 is 1.70. The number of benzene rings is 1. The van der Waals surface area contributed by atoms with Gasteiger partial charge in [0, 0.05) is 52.7 Å². The number of hydrogen-bond acceptors (Lipinski definition) is 4. The Bertz CT molecular complexity index is 1370. The third-order valence-electron chi connectivity index (χ3n) is 8.90. The van der Waals surface area contributed by atoms with Crippen LogP contribution < -0.4 is 10.3 Å². The smallest absolute Gasteiger partial charge is 0.274 e. The molecule has 3 aromatic rings. The van der Waals surface area contributed by atoms with Crippen LogP contribution in [0.25, 0.3) is 22.0 Å².